The molecule has 2 aromatic rings. The number of nitrogens with one attached hydrogen (secondary N) is 2. The summed E-state index contributed by atoms with van der Waals surface area (Å²) in [6.07, 6.45) is 4.75. The van der Waals surface area contributed by atoms with Crippen molar-refractivity contribution in [3.63, 3.8) is 0 Å². The Balaban J connectivity index is 2.00. The second kappa shape index (κ2) is 7.07. The summed E-state index contributed by atoms with van der Waals surface area (Å²) in [6, 6.07) is 7.68. The molecule has 5 nitrogen and oxygen atoms in total. The van der Waals surface area contributed by atoms with E-state index >= 15 is 0 Å². The Bertz CT molecular complexity index is 814. The topological polar surface area (TPSA) is 75.0 Å². The van der Waals surface area contributed by atoms with Crippen molar-refractivity contribution in [1.82, 2.24) is 9.97 Å². The molecule has 2 N–H and O–H groups in total. The Morgan fingerprint density at radius 3 is 2.50 bits per heavy atom. The van der Waals surface area contributed by atoms with Gasteiger partial charge in [-0.2, -0.15) is 0 Å². The Kier molecular flexibility index (Phi) is 4.88. The van der Waals surface area contributed by atoms with Crippen LogP contribution >= 0.6 is 0 Å². The summed E-state index contributed by atoms with van der Waals surface area (Å²) in [5.41, 5.74) is 1.69. The quantitative estimate of drug-likeness (QED) is 0.906. The van der Waals surface area contributed by atoms with Crippen molar-refractivity contribution in [3.8, 4) is 5.75 Å². The molecular formula is C19H24N2O3. The molecule has 1 aromatic heterocycles. The van der Waals surface area contributed by atoms with Crippen molar-refractivity contribution in [3.05, 3.63) is 61.9 Å². The number of para-hydroxylation sites is 1. The van der Waals surface area contributed by atoms with Gasteiger partial charge in [0.2, 0.25) is 0 Å². The summed E-state index contributed by atoms with van der Waals surface area (Å²) >= 11 is 0. The molecule has 1 fully saturated rings. The van der Waals surface area contributed by atoms with Gasteiger partial charge in [-0.25, -0.2) is 4.79 Å². The van der Waals surface area contributed by atoms with Crippen LogP contribution in [0, 0.1) is 5.92 Å². The molecule has 1 saturated carbocycles. The lowest BCUT2D eigenvalue weighted by atomic mass is 9.80. The Hall–Kier alpha value is -2.30. The predicted octanol–water partition coefficient (Wildman–Crippen LogP) is 2.96. The number of hydrogen-bond donors (Lipinski definition) is 2. The molecule has 1 aromatic carbocycles. The molecular weight excluding hydrogens is 304 g/mol. The number of hydrogen-bond acceptors (Lipinski definition) is 3. The number of ether oxygens (including phenoxy) is 1. The van der Waals surface area contributed by atoms with Crippen LogP contribution in [-0.2, 0) is 6.42 Å². The minimum absolute atomic E-state index is 0.251. The zero-order valence-electron chi connectivity index (χ0n) is 14.2. The summed E-state index contributed by atoms with van der Waals surface area (Å²) in [5, 5.41) is 0. The van der Waals surface area contributed by atoms with Crippen LogP contribution in [-0.4, -0.2) is 17.1 Å². The zero-order valence-corrected chi connectivity index (χ0v) is 14.2. The lowest BCUT2D eigenvalue weighted by Crippen LogP contribution is -2.30. The van der Waals surface area contributed by atoms with Crippen LogP contribution in [0.5, 0.6) is 5.75 Å². The molecule has 5 heteroatoms. The van der Waals surface area contributed by atoms with Gasteiger partial charge in [0.15, 0.2) is 0 Å². The fraction of sp³-hybridized carbons (Fsp3) is 0.474. The summed E-state index contributed by atoms with van der Waals surface area (Å²) < 4.78 is 5.40. The number of H-pyrrole nitrogens is 2. The number of methoxy groups -OCH3 is 1. The van der Waals surface area contributed by atoms with Crippen LogP contribution < -0.4 is 16.0 Å². The van der Waals surface area contributed by atoms with Gasteiger partial charge >= 0.3 is 5.69 Å². The first-order valence-corrected chi connectivity index (χ1v) is 8.55. The maximum absolute atomic E-state index is 12.5. The van der Waals surface area contributed by atoms with E-state index in [0.29, 0.717) is 17.9 Å². The number of rotatable bonds is 4. The van der Waals surface area contributed by atoms with E-state index in [1.54, 1.807) is 7.11 Å². The second-order valence-electron chi connectivity index (χ2n) is 6.75. The monoisotopic (exact) mass is 328 g/mol. The number of aromatic amines is 2. The normalized spacial score (nSPS) is 20.8. The molecule has 24 heavy (non-hydrogen) atoms. The smallest absolute Gasteiger partial charge is 0.325 e. The molecule has 0 radical (unpaired) electrons. The first-order valence-electron chi connectivity index (χ1n) is 8.55. The largest absolute Gasteiger partial charge is 0.496 e. The van der Waals surface area contributed by atoms with Gasteiger partial charge in [-0.3, -0.25) is 9.78 Å². The van der Waals surface area contributed by atoms with Crippen LogP contribution in [0.1, 0.15) is 55.3 Å². The molecule has 0 saturated heterocycles. The predicted molar refractivity (Wildman–Crippen MR) is 93.9 cm³/mol. The van der Waals surface area contributed by atoms with Crippen LogP contribution in [0.25, 0.3) is 0 Å². The lowest BCUT2D eigenvalue weighted by Gasteiger charge is -2.27. The third-order valence-corrected chi connectivity index (χ3v) is 5.06. The van der Waals surface area contributed by atoms with Crippen molar-refractivity contribution in [2.24, 2.45) is 5.92 Å². The van der Waals surface area contributed by atoms with Crippen molar-refractivity contribution in [2.75, 3.05) is 7.11 Å². The van der Waals surface area contributed by atoms with Crippen molar-refractivity contribution >= 4 is 0 Å². The van der Waals surface area contributed by atoms with Crippen LogP contribution in [0.2, 0.25) is 0 Å². The van der Waals surface area contributed by atoms with E-state index in [9.17, 15) is 9.59 Å². The Morgan fingerprint density at radius 2 is 1.79 bits per heavy atom. The van der Waals surface area contributed by atoms with E-state index in [-0.39, 0.29) is 11.5 Å². The molecule has 1 heterocycles. The van der Waals surface area contributed by atoms with E-state index in [1.165, 1.54) is 0 Å². The van der Waals surface area contributed by atoms with Crippen LogP contribution in [0.4, 0.5) is 0 Å². The number of aromatic nitrogens is 2. The van der Waals surface area contributed by atoms with E-state index < -0.39 is 5.69 Å². The Morgan fingerprint density at radius 1 is 1.08 bits per heavy atom. The van der Waals surface area contributed by atoms with Gasteiger partial charge in [0.25, 0.3) is 5.56 Å². The fourth-order valence-electron chi connectivity index (χ4n) is 3.64. The second-order valence-corrected chi connectivity index (χ2v) is 6.75. The molecule has 0 spiro atoms. The molecule has 3 rings (SSSR count). The van der Waals surface area contributed by atoms with E-state index in [4.69, 9.17) is 4.74 Å². The molecule has 0 atom stereocenters. The van der Waals surface area contributed by atoms with E-state index in [2.05, 4.69) is 16.9 Å². The van der Waals surface area contributed by atoms with Gasteiger partial charge in [0, 0.05) is 17.7 Å². The molecule has 0 amide bonds. The van der Waals surface area contributed by atoms with Gasteiger partial charge in [-0.1, -0.05) is 38.0 Å². The fourth-order valence-corrected chi connectivity index (χ4v) is 3.64. The average molecular weight is 328 g/mol. The van der Waals surface area contributed by atoms with E-state index in [1.807, 2.05) is 24.3 Å². The molecule has 1 aliphatic carbocycles. The highest BCUT2D eigenvalue weighted by Gasteiger charge is 2.24. The summed E-state index contributed by atoms with van der Waals surface area (Å²) in [5.74, 6) is 1.72. The van der Waals surface area contributed by atoms with Crippen LogP contribution in [0.3, 0.4) is 0 Å². The van der Waals surface area contributed by atoms with Crippen molar-refractivity contribution < 1.29 is 4.74 Å². The first kappa shape index (κ1) is 16.6. The van der Waals surface area contributed by atoms with Gasteiger partial charge in [-0.15, -0.1) is 0 Å². The molecule has 1 aliphatic rings. The summed E-state index contributed by atoms with van der Waals surface area (Å²) in [7, 11) is 1.62. The van der Waals surface area contributed by atoms with Crippen molar-refractivity contribution in [1.29, 1.82) is 0 Å². The molecule has 0 unspecified atom stereocenters. The summed E-state index contributed by atoms with van der Waals surface area (Å²) in [6.45, 7) is 2.26. The zero-order chi connectivity index (χ0) is 17.1. The highest BCUT2D eigenvalue weighted by Crippen LogP contribution is 2.35. The number of benzene rings is 1. The minimum atomic E-state index is -0.419. The Labute approximate surface area is 141 Å². The first-order chi connectivity index (χ1) is 11.6. The summed E-state index contributed by atoms with van der Waals surface area (Å²) in [4.78, 5) is 29.5. The minimum Gasteiger partial charge on any atom is -0.496 e. The lowest BCUT2D eigenvalue weighted by molar-refractivity contribution is 0.342. The third-order valence-electron chi connectivity index (χ3n) is 5.06. The highest BCUT2D eigenvalue weighted by molar-refractivity contribution is 5.38. The maximum atomic E-state index is 12.5. The maximum Gasteiger partial charge on any atom is 0.325 e. The van der Waals surface area contributed by atoms with Gasteiger partial charge < -0.3 is 9.72 Å². The third kappa shape index (κ3) is 3.45. The van der Waals surface area contributed by atoms with Crippen LogP contribution in [0.15, 0.2) is 33.9 Å². The van der Waals surface area contributed by atoms with Gasteiger partial charge in [-0.05, 0) is 36.3 Å². The molecule has 0 aliphatic heterocycles. The molecule has 0 bridgehead atoms. The van der Waals surface area contributed by atoms with Crippen molar-refractivity contribution in [2.45, 2.75) is 44.9 Å². The average Bonchev–Trinajstić information content (AvgIpc) is 2.58. The van der Waals surface area contributed by atoms with Gasteiger partial charge in [0.1, 0.15) is 5.75 Å². The highest BCUT2D eigenvalue weighted by atomic mass is 16.5. The SMILES string of the molecule is COc1ccccc1Cc1c(C2CCC(C)CC2)[nH]c(=O)[nH]c1=O. The van der Waals surface area contributed by atoms with Gasteiger partial charge in [0.05, 0.1) is 7.11 Å². The molecule has 128 valence electrons. The van der Waals surface area contributed by atoms with E-state index in [0.717, 1.165) is 42.7 Å². The standard InChI is InChI=1S/C19H24N2O3/c1-12-7-9-13(10-8-12)17-15(18(22)21-19(23)20-17)11-14-5-3-4-6-16(14)24-2/h3-6,12-13H,7-11H2,1-2H3,(H2,20,21,22,23).